The first kappa shape index (κ1) is 17.4. The number of ether oxygens (including phenoxy) is 2. The van der Waals surface area contributed by atoms with Crippen molar-refractivity contribution in [2.24, 2.45) is 0 Å². The van der Waals surface area contributed by atoms with Gasteiger partial charge in [-0.15, -0.1) is 0 Å². The lowest BCUT2D eigenvalue weighted by atomic mass is 10.1. The smallest absolute Gasteiger partial charge is 0.176 e. The van der Waals surface area contributed by atoms with Gasteiger partial charge in [-0.1, -0.05) is 36.4 Å². The van der Waals surface area contributed by atoms with Crippen molar-refractivity contribution in [3.63, 3.8) is 0 Å². The van der Waals surface area contributed by atoms with E-state index in [1.807, 2.05) is 0 Å². The largest absolute Gasteiger partial charge is 0.493 e. The summed E-state index contributed by atoms with van der Waals surface area (Å²) in [6.45, 7) is 4.27. The van der Waals surface area contributed by atoms with Crippen molar-refractivity contribution in [1.29, 1.82) is 0 Å². The van der Waals surface area contributed by atoms with Crippen molar-refractivity contribution in [2.45, 2.75) is 28.5 Å². The Kier molecular flexibility index (Phi) is 5.34. The van der Waals surface area contributed by atoms with Crippen LogP contribution in [0.4, 0.5) is 0 Å². The van der Waals surface area contributed by atoms with Gasteiger partial charge < -0.3 is 9.47 Å². The van der Waals surface area contributed by atoms with Gasteiger partial charge in [-0.3, -0.25) is 0 Å². The molecule has 0 spiro atoms. The molecule has 25 heavy (non-hydrogen) atoms. The number of aryl methyl sites for hydroxylation is 1. The van der Waals surface area contributed by atoms with Gasteiger partial charge in [0.05, 0.1) is 30.7 Å². The summed E-state index contributed by atoms with van der Waals surface area (Å²) in [5, 5.41) is 0. The highest BCUT2D eigenvalue weighted by Gasteiger charge is 2.34. The van der Waals surface area contributed by atoms with Crippen LogP contribution >= 0.6 is 0 Å². The Morgan fingerprint density at radius 2 is 1.24 bits per heavy atom. The molecule has 0 aliphatic heterocycles. The second kappa shape index (κ2) is 7.66. The molecular weight excluding hydrogens is 328 g/mol. The molecule has 0 unspecified atom stereocenters. The molecular formula is C22H23O2S+. The second-order valence-corrected chi connectivity index (χ2v) is 7.78. The molecule has 3 aromatic carbocycles. The van der Waals surface area contributed by atoms with E-state index in [1.54, 1.807) is 14.2 Å². The van der Waals surface area contributed by atoms with Crippen molar-refractivity contribution < 1.29 is 9.47 Å². The Labute approximate surface area is 152 Å². The molecule has 128 valence electrons. The zero-order valence-corrected chi connectivity index (χ0v) is 15.9. The number of rotatable bonds is 5. The van der Waals surface area contributed by atoms with Crippen LogP contribution < -0.4 is 9.47 Å². The Morgan fingerprint density at radius 3 is 1.68 bits per heavy atom. The quantitative estimate of drug-likeness (QED) is 0.572. The first-order valence-electron chi connectivity index (χ1n) is 8.24. The lowest BCUT2D eigenvalue weighted by Crippen LogP contribution is -2.10. The zero-order valence-electron chi connectivity index (χ0n) is 15.1. The standard InChI is InChI=1S/C22H23O2S/c1-16-15-20(23-3)21(24-4)17(2)22(16)25(18-11-7-5-8-12-18)19-13-9-6-10-14-19/h5-15H,1-4H3/q+1. The lowest BCUT2D eigenvalue weighted by molar-refractivity contribution is 0.351. The van der Waals surface area contributed by atoms with Crippen molar-refractivity contribution in [2.75, 3.05) is 14.2 Å². The highest BCUT2D eigenvalue weighted by molar-refractivity contribution is 7.97. The van der Waals surface area contributed by atoms with Crippen LogP contribution in [0.2, 0.25) is 0 Å². The predicted octanol–water partition coefficient (Wildman–Crippen LogP) is 5.42. The van der Waals surface area contributed by atoms with Crippen LogP contribution in [0.25, 0.3) is 0 Å². The fourth-order valence-electron chi connectivity index (χ4n) is 3.12. The third-order valence-corrected chi connectivity index (χ3v) is 6.72. The molecule has 3 rings (SSSR count). The zero-order chi connectivity index (χ0) is 17.8. The van der Waals surface area contributed by atoms with Gasteiger partial charge >= 0.3 is 0 Å². The van der Waals surface area contributed by atoms with Crippen LogP contribution in [0, 0.1) is 13.8 Å². The van der Waals surface area contributed by atoms with E-state index in [4.69, 9.17) is 9.47 Å². The van der Waals surface area contributed by atoms with Crippen LogP contribution in [-0.4, -0.2) is 14.2 Å². The molecule has 3 aromatic rings. The molecule has 0 aliphatic carbocycles. The molecule has 2 nitrogen and oxygen atoms in total. The van der Waals surface area contributed by atoms with Gasteiger partial charge in [0.2, 0.25) is 0 Å². The molecule has 0 saturated heterocycles. The van der Waals surface area contributed by atoms with Gasteiger partial charge in [0, 0.05) is 5.56 Å². The normalized spacial score (nSPS) is 10.8. The van der Waals surface area contributed by atoms with Gasteiger partial charge in [0.25, 0.3) is 0 Å². The van der Waals surface area contributed by atoms with E-state index < -0.39 is 0 Å². The lowest BCUT2D eigenvalue weighted by Gasteiger charge is -2.17. The highest BCUT2D eigenvalue weighted by Crippen LogP contribution is 2.42. The number of methoxy groups -OCH3 is 2. The van der Waals surface area contributed by atoms with E-state index in [2.05, 4.69) is 80.6 Å². The SMILES string of the molecule is COc1cc(C)c([S+](c2ccccc2)c2ccccc2)c(C)c1OC. The number of benzene rings is 3. The van der Waals surface area contributed by atoms with Crippen molar-refractivity contribution in [1.82, 2.24) is 0 Å². The maximum atomic E-state index is 5.66. The maximum Gasteiger partial charge on any atom is 0.176 e. The molecule has 0 aromatic heterocycles. The summed E-state index contributed by atoms with van der Waals surface area (Å²) in [6, 6.07) is 23.4. The molecule has 0 aliphatic rings. The topological polar surface area (TPSA) is 18.5 Å². The average molecular weight is 351 g/mol. The molecule has 0 N–H and O–H groups in total. The van der Waals surface area contributed by atoms with E-state index in [-0.39, 0.29) is 10.9 Å². The van der Waals surface area contributed by atoms with Crippen LogP contribution in [-0.2, 0) is 10.9 Å². The fraction of sp³-hybridized carbons (Fsp3) is 0.182. The minimum absolute atomic E-state index is 0.195. The van der Waals surface area contributed by atoms with E-state index in [9.17, 15) is 0 Å². The molecule has 0 radical (unpaired) electrons. The molecule has 0 saturated carbocycles. The number of hydrogen-bond donors (Lipinski definition) is 0. The van der Waals surface area contributed by atoms with Crippen molar-refractivity contribution >= 4 is 10.9 Å². The van der Waals surface area contributed by atoms with Crippen LogP contribution in [0.3, 0.4) is 0 Å². The van der Waals surface area contributed by atoms with E-state index in [0.717, 1.165) is 17.1 Å². The first-order valence-corrected chi connectivity index (χ1v) is 9.46. The molecule has 0 atom stereocenters. The number of hydrogen-bond acceptors (Lipinski definition) is 2. The van der Waals surface area contributed by atoms with Gasteiger partial charge in [0.15, 0.2) is 26.2 Å². The summed E-state index contributed by atoms with van der Waals surface area (Å²) in [5.74, 6) is 1.60. The maximum absolute atomic E-state index is 5.66. The van der Waals surface area contributed by atoms with Crippen molar-refractivity contribution in [3.8, 4) is 11.5 Å². The van der Waals surface area contributed by atoms with E-state index in [0.29, 0.717) is 0 Å². The Bertz CT molecular complexity index is 805. The van der Waals surface area contributed by atoms with Gasteiger partial charge in [-0.25, -0.2) is 0 Å². The predicted molar refractivity (Wildman–Crippen MR) is 104 cm³/mol. The van der Waals surface area contributed by atoms with Crippen LogP contribution in [0.5, 0.6) is 11.5 Å². The van der Waals surface area contributed by atoms with Crippen LogP contribution in [0.15, 0.2) is 81.4 Å². The minimum Gasteiger partial charge on any atom is -0.493 e. The summed E-state index contributed by atoms with van der Waals surface area (Å²) in [4.78, 5) is 3.90. The molecule has 0 amide bonds. The van der Waals surface area contributed by atoms with Gasteiger partial charge in [-0.05, 0) is 44.2 Å². The summed E-state index contributed by atoms with van der Waals surface area (Å²) < 4.78 is 11.2. The van der Waals surface area contributed by atoms with E-state index >= 15 is 0 Å². The van der Waals surface area contributed by atoms with Crippen LogP contribution in [0.1, 0.15) is 11.1 Å². The van der Waals surface area contributed by atoms with E-state index in [1.165, 1.54) is 20.2 Å². The van der Waals surface area contributed by atoms with Gasteiger partial charge in [-0.2, -0.15) is 0 Å². The third-order valence-electron chi connectivity index (χ3n) is 4.20. The summed E-state index contributed by atoms with van der Waals surface area (Å²) in [6.07, 6.45) is 0. The first-order chi connectivity index (χ1) is 12.2. The summed E-state index contributed by atoms with van der Waals surface area (Å²) >= 11 is 0. The minimum atomic E-state index is -0.195. The van der Waals surface area contributed by atoms with Gasteiger partial charge in [0.1, 0.15) is 0 Å². The fourth-order valence-corrected chi connectivity index (χ4v) is 5.50. The highest BCUT2D eigenvalue weighted by atomic mass is 32.2. The molecule has 0 heterocycles. The Morgan fingerprint density at radius 1 is 0.720 bits per heavy atom. The third kappa shape index (κ3) is 3.38. The Hall–Kier alpha value is -2.39. The summed E-state index contributed by atoms with van der Waals surface area (Å²) in [7, 11) is 3.19. The van der Waals surface area contributed by atoms with Crippen molar-refractivity contribution in [3.05, 3.63) is 77.9 Å². The second-order valence-electron chi connectivity index (χ2n) is 5.82. The summed E-state index contributed by atoms with van der Waals surface area (Å²) in [5.41, 5.74) is 2.35. The monoisotopic (exact) mass is 351 g/mol. The Balaban J connectivity index is 2.28. The molecule has 3 heteroatoms. The molecule has 0 bridgehead atoms. The average Bonchev–Trinajstić information content (AvgIpc) is 2.66. The molecule has 0 fully saturated rings.